The van der Waals surface area contributed by atoms with Crippen LogP contribution in [0, 0.1) is 12.8 Å². The predicted octanol–water partition coefficient (Wildman–Crippen LogP) is 2.38. The molecule has 8 heteroatoms. The molecular formula is C22H29N3O4S. The predicted molar refractivity (Wildman–Crippen MR) is 115 cm³/mol. The van der Waals surface area contributed by atoms with E-state index in [0.29, 0.717) is 19.0 Å². The summed E-state index contributed by atoms with van der Waals surface area (Å²) in [6, 6.07) is 11.5. The van der Waals surface area contributed by atoms with Gasteiger partial charge in [-0.3, -0.25) is 0 Å². The van der Waals surface area contributed by atoms with Crippen molar-refractivity contribution >= 4 is 21.6 Å². The smallest absolute Gasteiger partial charge is 0.328 e. The van der Waals surface area contributed by atoms with Crippen molar-refractivity contribution in [1.82, 2.24) is 9.78 Å². The van der Waals surface area contributed by atoms with E-state index in [1.54, 1.807) is 0 Å². The molecule has 1 aromatic carbocycles. The van der Waals surface area contributed by atoms with E-state index in [0.717, 1.165) is 30.8 Å². The van der Waals surface area contributed by atoms with Crippen molar-refractivity contribution in [3.63, 3.8) is 0 Å². The Hall–Kier alpha value is -2.35. The molecule has 2 heterocycles. The zero-order valence-electron chi connectivity index (χ0n) is 17.5. The van der Waals surface area contributed by atoms with Gasteiger partial charge in [-0.15, -0.1) is 0 Å². The number of anilines is 1. The highest BCUT2D eigenvalue weighted by molar-refractivity contribution is 7.92. The number of rotatable bonds is 8. The minimum atomic E-state index is -3.25. The first-order valence-electron chi connectivity index (χ1n) is 10.5. The normalized spacial score (nSPS) is 21.7. The number of methoxy groups -OCH3 is 1. The number of esters is 1. The van der Waals surface area contributed by atoms with Crippen LogP contribution in [-0.4, -0.2) is 54.9 Å². The number of nitrogens with zero attached hydrogens (tertiary/aromatic N) is 3. The maximum absolute atomic E-state index is 12.9. The van der Waals surface area contributed by atoms with Crippen molar-refractivity contribution < 1.29 is 17.9 Å². The van der Waals surface area contributed by atoms with Crippen LogP contribution >= 0.6 is 0 Å². The number of benzene rings is 1. The number of hydrogen-bond donors (Lipinski definition) is 0. The van der Waals surface area contributed by atoms with E-state index in [1.807, 2.05) is 40.8 Å². The van der Waals surface area contributed by atoms with Gasteiger partial charge in [0.2, 0.25) is 0 Å². The van der Waals surface area contributed by atoms with Crippen molar-refractivity contribution in [3.8, 4) is 0 Å². The monoisotopic (exact) mass is 431 g/mol. The lowest BCUT2D eigenvalue weighted by molar-refractivity contribution is -0.141. The molecule has 0 spiro atoms. The van der Waals surface area contributed by atoms with Gasteiger partial charge in [-0.1, -0.05) is 30.3 Å². The summed E-state index contributed by atoms with van der Waals surface area (Å²) in [6.45, 7) is 2.86. The first-order chi connectivity index (χ1) is 14.4. The summed E-state index contributed by atoms with van der Waals surface area (Å²) >= 11 is 0. The Kier molecular flexibility index (Phi) is 5.86. The third-order valence-electron chi connectivity index (χ3n) is 6.04. The van der Waals surface area contributed by atoms with Gasteiger partial charge in [-0.05, 0) is 44.1 Å². The number of ether oxygens (including phenoxy) is 1. The highest BCUT2D eigenvalue weighted by atomic mass is 32.2. The minimum absolute atomic E-state index is 0.228. The quantitative estimate of drug-likeness (QED) is 0.597. The number of aromatic nitrogens is 2. The standard InChI is InChI=1S/C22H29N3O4S/c1-16-12-21(25(23-16)11-10-17-6-4-3-5-7-17)24-14-19(13-20(24)22(26)29-2)30(27,28)15-18-8-9-18/h3-7,12,18-20H,8-11,13-15H2,1-2H3. The van der Waals surface area contributed by atoms with Gasteiger partial charge < -0.3 is 9.64 Å². The van der Waals surface area contributed by atoms with Crippen LogP contribution in [0.2, 0.25) is 0 Å². The van der Waals surface area contributed by atoms with E-state index in [2.05, 4.69) is 17.2 Å². The zero-order valence-corrected chi connectivity index (χ0v) is 18.3. The summed E-state index contributed by atoms with van der Waals surface area (Å²) < 4.78 is 32.7. The van der Waals surface area contributed by atoms with Gasteiger partial charge in [-0.25, -0.2) is 17.9 Å². The molecule has 1 aliphatic carbocycles. The second-order valence-corrected chi connectivity index (χ2v) is 10.8. The Bertz CT molecular complexity index is 999. The van der Waals surface area contributed by atoms with Crippen LogP contribution in [0.25, 0.3) is 0 Å². The molecule has 1 saturated carbocycles. The average Bonchev–Trinajstić information content (AvgIpc) is 3.27. The molecule has 30 heavy (non-hydrogen) atoms. The molecule has 7 nitrogen and oxygen atoms in total. The topological polar surface area (TPSA) is 81.5 Å². The van der Waals surface area contributed by atoms with Crippen molar-refractivity contribution in [2.24, 2.45) is 5.92 Å². The average molecular weight is 432 g/mol. The molecule has 162 valence electrons. The maximum Gasteiger partial charge on any atom is 0.328 e. The van der Waals surface area contributed by atoms with Gasteiger partial charge in [0.15, 0.2) is 9.84 Å². The van der Waals surface area contributed by atoms with E-state index in [1.165, 1.54) is 12.7 Å². The zero-order chi connectivity index (χ0) is 21.3. The van der Waals surface area contributed by atoms with Gasteiger partial charge in [0.05, 0.1) is 23.8 Å². The molecule has 2 unspecified atom stereocenters. The maximum atomic E-state index is 12.9. The molecular weight excluding hydrogens is 402 g/mol. The summed E-state index contributed by atoms with van der Waals surface area (Å²) in [7, 11) is -1.90. The molecule has 1 aliphatic heterocycles. The van der Waals surface area contributed by atoms with E-state index in [4.69, 9.17) is 4.74 Å². The lowest BCUT2D eigenvalue weighted by Gasteiger charge is -2.25. The van der Waals surface area contributed by atoms with Gasteiger partial charge in [-0.2, -0.15) is 5.10 Å². The van der Waals surface area contributed by atoms with Gasteiger partial charge in [0.1, 0.15) is 11.9 Å². The van der Waals surface area contributed by atoms with Crippen molar-refractivity contribution in [2.75, 3.05) is 24.3 Å². The van der Waals surface area contributed by atoms with Gasteiger partial charge >= 0.3 is 5.97 Å². The summed E-state index contributed by atoms with van der Waals surface area (Å²) in [6.07, 6.45) is 3.04. The largest absolute Gasteiger partial charge is 0.467 e. The van der Waals surface area contributed by atoms with Crippen LogP contribution < -0.4 is 4.90 Å². The second-order valence-electron chi connectivity index (χ2n) is 8.42. The van der Waals surface area contributed by atoms with Crippen molar-refractivity contribution in [3.05, 3.63) is 47.7 Å². The number of hydrogen-bond acceptors (Lipinski definition) is 6. The highest BCUT2D eigenvalue weighted by Crippen LogP contribution is 2.35. The van der Waals surface area contributed by atoms with E-state index in [-0.39, 0.29) is 12.2 Å². The summed E-state index contributed by atoms with van der Waals surface area (Å²) in [5, 5.41) is 4.05. The Balaban J connectivity index is 1.58. The second kappa shape index (κ2) is 8.41. The Morgan fingerprint density at radius 2 is 1.97 bits per heavy atom. The lowest BCUT2D eigenvalue weighted by atomic mass is 10.1. The minimum Gasteiger partial charge on any atom is -0.467 e. The summed E-state index contributed by atoms with van der Waals surface area (Å²) in [5.41, 5.74) is 2.04. The lowest BCUT2D eigenvalue weighted by Crippen LogP contribution is -2.38. The fourth-order valence-electron chi connectivity index (χ4n) is 4.23. The highest BCUT2D eigenvalue weighted by Gasteiger charge is 2.45. The molecule has 2 fully saturated rings. The SMILES string of the molecule is COC(=O)C1CC(S(=O)(=O)CC2CC2)CN1c1cc(C)nn1CCc1ccccc1. The first kappa shape index (κ1) is 20.9. The molecule has 2 aliphatic rings. The molecule has 1 aromatic heterocycles. The first-order valence-corrected chi connectivity index (χ1v) is 12.2. The fourth-order valence-corrected chi connectivity index (χ4v) is 6.35. The van der Waals surface area contributed by atoms with Gasteiger partial charge in [0.25, 0.3) is 0 Å². The van der Waals surface area contributed by atoms with E-state index >= 15 is 0 Å². The molecule has 0 N–H and O–H groups in total. The molecule has 4 rings (SSSR count). The Morgan fingerprint density at radius 1 is 1.23 bits per heavy atom. The third-order valence-corrected chi connectivity index (χ3v) is 8.33. The molecule has 2 aromatic rings. The number of carbonyl (C=O) groups excluding carboxylic acids is 1. The van der Waals surface area contributed by atoms with E-state index in [9.17, 15) is 13.2 Å². The molecule has 0 bridgehead atoms. The Morgan fingerprint density at radius 3 is 2.63 bits per heavy atom. The van der Waals surface area contributed by atoms with Crippen LogP contribution in [0.3, 0.4) is 0 Å². The summed E-state index contributed by atoms with van der Waals surface area (Å²) in [5.74, 6) is 0.904. The van der Waals surface area contributed by atoms with Crippen LogP contribution in [0.1, 0.15) is 30.5 Å². The van der Waals surface area contributed by atoms with Crippen LogP contribution in [0.5, 0.6) is 0 Å². The number of sulfone groups is 1. The van der Waals surface area contributed by atoms with Crippen molar-refractivity contribution in [1.29, 1.82) is 0 Å². The van der Waals surface area contributed by atoms with Crippen LogP contribution in [0.15, 0.2) is 36.4 Å². The fraction of sp³-hybridized carbons (Fsp3) is 0.545. The molecule has 2 atom stereocenters. The number of carbonyl (C=O) groups is 1. The molecule has 0 amide bonds. The van der Waals surface area contributed by atoms with Crippen LogP contribution in [0.4, 0.5) is 5.82 Å². The van der Waals surface area contributed by atoms with Crippen molar-refractivity contribution in [2.45, 2.75) is 50.4 Å². The summed E-state index contributed by atoms with van der Waals surface area (Å²) in [4.78, 5) is 14.4. The molecule has 0 radical (unpaired) electrons. The Labute approximate surface area is 177 Å². The number of aryl methyl sites for hydroxylation is 3. The third kappa shape index (κ3) is 4.53. The molecule has 1 saturated heterocycles. The van der Waals surface area contributed by atoms with Gasteiger partial charge in [0, 0.05) is 19.2 Å². The van der Waals surface area contributed by atoms with E-state index < -0.39 is 27.1 Å². The van der Waals surface area contributed by atoms with Crippen LogP contribution in [-0.2, 0) is 32.3 Å².